The largest absolute Gasteiger partial charge is 0.278 e. The molecule has 0 aliphatic heterocycles. The van der Waals surface area contributed by atoms with Crippen LogP contribution < -0.4 is 4.72 Å². The van der Waals surface area contributed by atoms with Crippen molar-refractivity contribution in [3.05, 3.63) is 52.3 Å². The molecule has 0 atom stereocenters. The minimum Gasteiger partial charge on any atom is -0.278 e. The molecule has 0 saturated heterocycles. The van der Waals surface area contributed by atoms with Gasteiger partial charge >= 0.3 is 0 Å². The zero-order valence-electron chi connectivity index (χ0n) is 14.4. The Kier molecular flexibility index (Phi) is 4.36. The van der Waals surface area contributed by atoms with Gasteiger partial charge in [0, 0.05) is 23.1 Å². The van der Waals surface area contributed by atoms with Crippen LogP contribution >= 0.6 is 0 Å². The lowest BCUT2D eigenvalue weighted by atomic mass is 10.2. The summed E-state index contributed by atoms with van der Waals surface area (Å²) in [5.41, 5.74) is 0.729. The molecule has 9 nitrogen and oxygen atoms in total. The van der Waals surface area contributed by atoms with Gasteiger partial charge in [-0.15, -0.1) is 0 Å². The summed E-state index contributed by atoms with van der Waals surface area (Å²) < 4.78 is 29.5. The maximum atomic E-state index is 12.7. The number of hydrogen-bond donors (Lipinski definition) is 1. The lowest BCUT2D eigenvalue weighted by molar-refractivity contribution is -0.385. The van der Waals surface area contributed by atoms with Gasteiger partial charge < -0.3 is 0 Å². The SMILES string of the molecule is Cc1c([N+](=O)[O-])cccc1S(=O)(=O)Nc1cnc2c(cnn2C(C)C)c1. The molecule has 26 heavy (non-hydrogen) atoms. The van der Waals surface area contributed by atoms with Gasteiger partial charge in [0.05, 0.1) is 27.9 Å². The number of rotatable bonds is 5. The molecule has 0 aliphatic carbocycles. The molecule has 1 N–H and O–H groups in total. The second-order valence-electron chi connectivity index (χ2n) is 6.08. The molecule has 3 rings (SSSR count). The highest BCUT2D eigenvalue weighted by molar-refractivity contribution is 7.92. The second-order valence-corrected chi connectivity index (χ2v) is 7.73. The Balaban J connectivity index is 1.99. The van der Waals surface area contributed by atoms with Crippen LogP contribution in [0.25, 0.3) is 11.0 Å². The molecule has 0 aliphatic rings. The van der Waals surface area contributed by atoms with Crippen LogP contribution in [-0.4, -0.2) is 28.1 Å². The first kappa shape index (κ1) is 17.8. The minimum absolute atomic E-state index is 0.0756. The van der Waals surface area contributed by atoms with E-state index in [0.717, 1.165) is 0 Å². The fourth-order valence-corrected chi connectivity index (χ4v) is 3.97. The summed E-state index contributed by atoms with van der Waals surface area (Å²) in [5.74, 6) is 0. The number of sulfonamides is 1. The number of nitro benzene ring substituents is 1. The van der Waals surface area contributed by atoms with Crippen LogP contribution in [0.15, 0.2) is 41.6 Å². The first-order chi connectivity index (χ1) is 12.2. The maximum absolute atomic E-state index is 12.7. The predicted molar refractivity (Wildman–Crippen MR) is 96.6 cm³/mol. The number of fused-ring (bicyclic) bond motifs is 1. The summed E-state index contributed by atoms with van der Waals surface area (Å²) in [5, 5.41) is 16.0. The molecule has 0 bridgehead atoms. The second kappa shape index (κ2) is 6.37. The van der Waals surface area contributed by atoms with Crippen molar-refractivity contribution in [2.45, 2.75) is 31.7 Å². The zero-order chi connectivity index (χ0) is 19.1. The molecule has 0 radical (unpaired) electrons. The number of nitrogens with zero attached hydrogens (tertiary/aromatic N) is 4. The Bertz CT molecular complexity index is 1110. The summed E-state index contributed by atoms with van der Waals surface area (Å²) in [6.45, 7) is 5.34. The lowest BCUT2D eigenvalue weighted by Gasteiger charge is -2.11. The molecule has 136 valence electrons. The fraction of sp³-hybridized carbons (Fsp3) is 0.250. The Morgan fingerprint density at radius 2 is 2.00 bits per heavy atom. The van der Waals surface area contributed by atoms with Crippen LogP contribution in [-0.2, 0) is 10.0 Å². The third kappa shape index (κ3) is 3.10. The van der Waals surface area contributed by atoms with Crippen LogP contribution in [0.4, 0.5) is 11.4 Å². The van der Waals surface area contributed by atoms with Crippen molar-refractivity contribution in [2.24, 2.45) is 0 Å². The lowest BCUT2D eigenvalue weighted by Crippen LogP contribution is -2.15. The number of benzene rings is 1. The van der Waals surface area contributed by atoms with Crippen molar-refractivity contribution in [1.82, 2.24) is 14.8 Å². The number of nitrogens with one attached hydrogen (secondary N) is 1. The van der Waals surface area contributed by atoms with Gasteiger partial charge in [-0.3, -0.25) is 14.8 Å². The Morgan fingerprint density at radius 1 is 1.27 bits per heavy atom. The van der Waals surface area contributed by atoms with E-state index in [1.165, 1.54) is 31.3 Å². The van der Waals surface area contributed by atoms with Gasteiger partial charge in [0.1, 0.15) is 0 Å². The predicted octanol–water partition coefficient (Wildman–Crippen LogP) is 3.03. The molecule has 2 aromatic heterocycles. The highest BCUT2D eigenvalue weighted by Crippen LogP contribution is 2.27. The van der Waals surface area contributed by atoms with E-state index in [0.29, 0.717) is 11.0 Å². The smallest absolute Gasteiger partial charge is 0.273 e. The molecule has 0 spiro atoms. The topological polar surface area (TPSA) is 120 Å². The quantitative estimate of drug-likeness (QED) is 0.540. The van der Waals surface area contributed by atoms with Crippen LogP contribution in [0.3, 0.4) is 0 Å². The monoisotopic (exact) mass is 375 g/mol. The van der Waals surface area contributed by atoms with Crippen molar-refractivity contribution in [1.29, 1.82) is 0 Å². The normalized spacial score (nSPS) is 11.8. The zero-order valence-corrected chi connectivity index (χ0v) is 15.2. The summed E-state index contributed by atoms with van der Waals surface area (Å²) in [4.78, 5) is 14.6. The number of hydrogen-bond acceptors (Lipinski definition) is 6. The van der Waals surface area contributed by atoms with Crippen molar-refractivity contribution >= 4 is 32.4 Å². The van der Waals surface area contributed by atoms with Gasteiger partial charge in [0.25, 0.3) is 15.7 Å². The van der Waals surface area contributed by atoms with Crippen molar-refractivity contribution in [3.63, 3.8) is 0 Å². The fourth-order valence-electron chi connectivity index (χ4n) is 2.68. The molecule has 0 fully saturated rings. The average Bonchev–Trinajstić information content (AvgIpc) is 2.97. The van der Waals surface area contributed by atoms with Gasteiger partial charge in [-0.25, -0.2) is 18.1 Å². The molecule has 3 aromatic rings. The summed E-state index contributed by atoms with van der Waals surface area (Å²) >= 11 is 0. The van der Waals surface area contributed by atoms with E-state index in [2.05, 4.69) is 14.8 Å². The number of anilines is 1. The molecule has 10 heteroatoms. The van der Waals surface area contributed by atoms with E-state index in [1.54, 1.807) is 16.9 Å². The van der Waals surface area contributed by atoms with E-state index in [9.17, 15) is 18.5 Å². The number of pyridine rings is 1. The Morgan fingerprint density at radius 3 is 2.65 bits per heavy atom. The highest BCUT2D eigenvalue weighted by atomic mass is 32.2. The number of nitro groups is 1. The van der Waals surface area contributed by atoms with Gasteiger partial charge in [0.15, 0.2) is 5.65 Å². The van der Waals surface area contributed by atoms with E-state index < -0.39 is 14.9 Å². The average molecular weight is 375 g/mol. The first-order valence-electron chi connectivity index (χ1n) is 7.81. The van der Waals surface area contributed by atoms with Gasteiger partial charge in [-0.05, 0) is 32.9 Å². The van der Waals surface area contributed by atoms with Crippen molar-refractivity contribution in [2.75, 3.05) is 4.72 Å². The Labute approximate surface area is 149 Å². The van der Waals surface area contributed by atoms with Crippen LogP contribution in [0, 0.1) is 17.0 Å². The Hall–Kier alpha value is -3.01. The molecule has 0 saturated carbocycles. The molecular formula is C16H17N5O4S. The summed E-state index contributed by atoms with van der Waals surface area (Å²) in [6.07, 6.45) is 3.01. The van der Waals surface area contributed by atoms with Gasteiger partial charge in [-0.1, -0.05) is 6.07 Å². The van der Waals surface area contributed by atoms with Gasteiger partial charge in [-0.2, -0.15) is 5.10 Å². The number of aromatic nitrogens is 3. The van der Waals surface area contributed by atoms with Crippen LogP contribution in [0.2, 0.25) is 0 Å². The van der Waals surface area contributed by atoms with Crippen molar-refractivity contribution in [3.8, 4) is 0 Å². The molecule has 0 amide bonds. The molecular weight excluding hydrogens is 358 g/mol. The van der Waals surface area contributed by atoms with E-state index in [1.807, 2.05) is 13.8 Å². The van der Waals surface area contributed by atoms with Crippen LogP contribution in [0.5, 0.6) is 0 Å². The molecule has 0 unspecified atom stereocenters. The molecule has 1 aromatic carbocycles. The highest BCUT2D eigenvalue weighted by Gasteiger charge is 2.23. The summed E-state index contributed by atoms with van der Waals surface area (Å²) in [6, 6.07) is 5.68. The van der Waals surface area contributed by atoms with E-state index in [-0.39, 0.29) is 27.9 Å². The molecule has 2 heterocycles. The first-order valence-corrected chi connectivity index (χ1v) is 9.29. The maximum Gasteiger partial charge on any atom is 0.273 e. The third-order valence-electron chi connectivity index (χ3n) is 3.92. The minimum atomic E-state index is -4.00. The standard InChI is InChI=1S/C16H17N5O4S/c1-10(2)20-16-12(8-18-20)7-13(9-17-16)19-26(24,25)15-6-4-5-14(11(15)3)21(22)23/h4-10,19H,1-3H3. The van der Waals surface area contributed by atoms with Crippen molar-refractivity contribution < 1.29 is 13.3 Å². The van der Waals surface area contributed by atoms with Gasteiger partial charge in [0.2, 0.25) is 0 Å². The van der Waals surface area contributed by atoms with E-state index >= 15 is 0 Å². The third-order valence-corrected chi connectivity index (χ3v) is 5.44. The van der Waals surface area contributed by atoms with Crippen LogP contribution in [0.1, 0.15) is 25.5 Å². The summed E-state index contributed by atoms with van der Waals surface area (Å²) in [7, 11) is -4.00. The van der Waals surface area contributed by atoms with E-state index in [4.69, 9.17) is 0 Å².